The van der Waals surface area contributed by atoms with Gasteiger partial charge in [-0.1, -0.05) is 25.1 Å². The number of anilines is 3. The molecule has 6 heterocycles. The van der Waals surface area contributed by atoms with Gasteiger partial charge in [0, 0.05) is 98.7 Å². The highest BCUT2D eigenvalue weighted by Crippen LogP contribution is 2.70. The summed E-state index contributed by atoms with van der Waals surface area (Å²) in [4.78, 5) is 81.9. The number of hydrogen-bond acceptors (Lipinski definition) is 17. The van der Waals surface area contributed by atoms with Crippen molar-refractivity contribution in [1.82, 2.24) is 0 Å². The van der Waals surface area contributed by atoms with E-state index in [9.17, 15) is 69.3 Å². The third kappa shape index (κ3) is 12.4. The topological polar surface area (TPSA) is 386 Å². The molecule has 18 rings (SSSR count). The standard InChI is InChI=1S/C27H36N2O6.C26H34N2O7.C26H32N2O7.3BrH/c1-15-9-10-27(34)20-13-17-5-6-18(28-19(25(32)33)7-8-21(30)31)23-22(17)26(27,24(15)35-23)11-12-29(20,2)14-16-3-4-16;2*1-28(13-14-2-3-14)11-10-25-21-15-4-5-16(27-17(24(32)33)6-7-20(30)31)22(21)35-23(25)18(29)8-9-26(25,34)19(28)12-15;;;/h5-6,15-16,19-20,24,28,34H,3-4,7-14H2,1-2H3,(H-,30,31,32,33);4-5,14,17-19,23,27,29,34H,2-3,6-13H2,1H3,(H-,30,31,32,33);4-5,14,17,19,23,27,34H,2-3,6-13H2,1H3,(H-,30,31,32,33);3*1H/t15-,19-,20+,24-,26-,27+,29?;17-,18+,19+,23-,25-,26+,28?;17-,19+,23-,25-,26+,28?;;;/m000.../s1. The Morgan fingerprint density at radius 2 is 0.796 bits per heavy atom. The molecule has 13 N–H and O–H groups in total. The maximum Gasteiger partial charge on any atom is 0.326 e. The van der Waals surface area contributed by atoms with E-state index in [-0.39, 0.29) is 132 Å². The van der Waals surface area contributed by atoms with E-state index in [1.54, 1.807) is 6.07 Å². The molecule has 3 aromatic carbocycles. The molecule has 0 aromatic heterocycles. The van der Waals surface area contributed by atoms with Crippen LogP contribution in [-0.4, -0.2) is 244 Å². The van der Waals surface area contributed by atoms with E-state index in [4.69, 9.17) is 29.5 Å². The Morgan fingerprint density at radius 3 is 1.17 bits per heavy atom. The molecule has 9 aliphatic carbocycles. The molecule has 0 radical (unpaired) electrons. The number of aliphatic carboxylic acids is 6. The van der Waals surface area contributed by atoms with Gasteiger partial charge in [0.25, 0.3) is 0 Å². The van der Waals surface area contributed by atoms with Crippen LogP contribution in [0.3, 0.4) is 0 Å². The number of likely N-dealkylation sites (N-methyl/N-ethyl adjacent to an activating group) is 3. The second-order valence-corrected chi connectivity index (χ2v) is 35.6. The molecule has 20 atom stereocenters. The minimum Gasteiger partial charge on any atom is -1.00 e. The van der Waals surface area contributed by atoms with Crippen LogP contribution >= 0.6 is 0 Å². The number of nitrogens with one attached hydrogen (secondary N) is 3. The summed E-state index contributed by atoms with van der Waals surface area (Å²) in [5, 5.41) is 114. The number of rotatable bonds is 24. The normalized spacial score (nSPS) is 37.6. The third-order valence-electron chi connectivity index (χ3n) is 29.4. The van der Waals surface area contributed by atoms with Crippen LogP contribution < -0.4 is 81.1 Å². The minimum atomic E-state index is -1.15. The summed E-state index contributed by atoms with van der Waals surface area (Å²) >= 11 is 0. The van der Waals surface area contributed by atoms with Gasteiger partial charge in [0.1, 0.15) is 82.5 Å². The number of hydrogen-bond donors (Lipinski definition) is 13. The van der Waals surface area contributed by atoms with Crippen molar-refractivity contribution in [3.8, 4) is 17.2 Å². The van der Waals surface area contributed by atoms with Crippen LogP contribution in [0.1, 0.15) is 175 Å². The summed E-state index contributed by atoms with van der Waals surface area (Å²) in [6.45, 7) is 8.25. The lowest BCUT2D eigenvalue weighted by Crippen LogP contribution is -3.00. The van der Waals surface area contributed by atoms with Gasteiger partial charge in [0.2, 0.25) is 0 Å². The number of benzene rings is 3. The minimum absolute atomic E-state index is 0. The molecule has 6 bridgehead atoms. The van der Waals surface area contributed by atoms with Gasteiger partial charge in [0.05, 0.1) is 99.8 Å². The number of Topliss-reactive ketones (excluding diaryl/α,β-unsaturated/α-hetero) is 1. The largest absolute Gasteiger partial charge is 1.00 e. The Hall–Kier alpha value is -5.89. The molecule has 26 nitrogen and oxygen atoms in total. The number of carboxylic acid groups (broad SMARTS) is 6. The van der Waals surface area contributed by atoms with Crippen molar-refractivity contribution in [3.63, 3.8) is 0 Å². The van der Waals surface area contributed by atoms with Crippen molar-refractivity contribution in [2.45, 2.75) is 255 Å². The van der Waals surface area contributed by atoms with Gasteiger partial charge in [-0.15, -0.1) is 0 Å². The Labute approximate surface area is 659 Å². The number of aliphatic hydroxyl groups is 4. The summed E-state index contributed by atoms with van der Waals surface area (Å²) in [6.07, 6.45) is 12.2. The summed E-state index contributed by atoms with van der Waals surface area (Å²) in [5.41, 5.74) is 2.82. The molecule has 29 heteroatoms. The Kier molecular flexibility index (Phi) is 21.0. The highest BCUT2D eigenvalue weighted by atomic mass is 79.9. The van der Waals surface area contributed by atoms with Crippen LogP contribution in [-0.2, 0) is 69.1 Å². The van der Waals surface area contributed by atoms with Crippen LogP contribution in [0.2, 0.25) is 0 Å². The first-order chi connectivity index (χ1) is 49.8. The predicted molar refractivity (Wildman–Crippen MR) is 378 cm³/mol. The van der Waals surface area contributed by atoms with Crippen LogP contribution in [0, 0.1) is 23.7 Å². The molecular formula is C79H105Br3N6O20. The average Bonchev–Trinajstić information content (AvgIpc) is 1.02. The van der Waals surface area contributed by atoms with Gasteiger partial charge in [-0.3, -0.25) is 19.2 Å². The lowest BCUT2D eigenvalue weighted by atomic mass is 9.47. The molecule has 3 aromatic rings. The van der Waals surface area contributed by atoms with Crippen molar-refractivity contribution in [1.29, 1.82) is 0 Å². The van der Waals surface area contributed by atoms with E-state index >= 15 is 0 Å². The third-order valence-corrected chi connectivity index (χ3v) is 29.4. The predicted octanol–water partition coefficient (Wildman–Crippen LogP) is -3.05. The number of quaternary nitrogens is 3. The highest BCUT2D eigenvalue weighted by Gasteiger charge is 2.80. The number of ether oxygens (including phenoxy) is 3. The number of carbonyl (C=O) groups is 7. The monoisotopic (exact) mass is 1690 g/mol. The Bertz CT molecular complexity index is 3980. The zero-order valence-corrected chi connectivity index (χ0v) is 66.5. The van der Waals surface area contributed by atoms with Gasteiger partial charge < -0.3 is 146 Å². The Balaban J connectivity index is 0.000000141. The lowest BCUT2D eigenvalue weighted by Gasteiger charge is -2.65. The van der Waals surface area contributed by atoms with Crippen molar-refractivity contribution >= 4 is 58.7 Å². The molecule has 3 unspecified atom stereocenters. The summed E-state index contributed by atoms with van der Waals surface area (Å²) in [6, 6.07) is 8.48. The number of carboxylic acids is 6. The number of aliphatic hydroxyl groups excluding tert-OH is 1. The molecule has 0 amide bonds. The number of nitrogens with zero attached hydrogens (tertiary/aromatic N) is 3. The van der Waals surface area contributed by atoms with Crippen molar-refractivity contribution in [3.05, 3.63) is 69.8 Å². The van der Waals surface area contributed by atoms with E-state index in [0.717, 1.165) is 124 Å². The van der Waals surface area contributed by atoms with E-state index in [1.165, 1.54) is 44.1 Å². The second kappa shape index (κ2) is 28.3. The Morgan fingerprint density at radius 1 is 0.463 bits per heavy atom. The fourth-order valence-electron chi connectivity index (χ4n) is 24.0. The van der Waals surface area contributed by atoms with Crippen molar-refractivity contribution < 1.29 is 163 Å². The van der Waals surface area contributed by atoms with Crippen LogP contribution in [0.25, 0.3) is 0 Å². The SMILES string of the molecule is C[C@H]1CC[C@@]2(O)[C@H]3Cc4ccc(N[C@@H](CCC(=O)O)C(=O)O)c5c4[C@@]2(CC[N+]3(C)CC2CC2)[C@H]1O5.C[N+]1(CC2CC2)CC[C@]23c4c5ccc(N[C@@H](CCC(=O)O)C(=O)O)c4O[C@H]2C(=O)CC[C@@]3(O)[C@H]1C5.C[N+]1(CC2CC2)CC[C@]23c4c5ccc(N[C@@H](CCC(=O)O)C(=O)O)c4O[C@H]2[C@H](O)CC[C@@]3(O)[C@H]1C5.[Br-].[Br-].[Br-]. The van der Waals surface area contributed by atoms with Gasteiger partial charge in [-0.25, -0.2) is 14.4 Å². The van der Waals surface area contributed by atoms with E-state index < -0.39 is 105 Å². The maximum absolute atomic E-state index is 13.2. The summed E-state index contributed by atoms with van der Waals surface area (Å²) < 4.78 is 22.1. The van der Waals surface area contributed by atoms with Crippen LogP contribution in [0.4, 0.5) is 17.1 Å². The smallest absolute Gasteiger partial charge is 0.326 e. The van der Waals surface area contributed by atoms with Crippen molar-refractivity contribution in [2.24, 2.45) is 23.7 Å². The number of piperidine rings is 3. The van der Waals surface area contributed by atoms with Crippen LogP contribution in [0.15, 0.2) is 36.4 Å². The van der Waals surface area contributed by atoms with Gasteiger partial charge in [0.15, 0.2) is 11.9 Å². The molecule has 108 heavy (non-hydrogen) atoms. The molecule has 9 fully saturated rings. The number of ketones is 1. The molecule has 3 spiro atoms. The van der Waals surface area contributed by atoms with E-state index in [2.05, 4.69) is 50.1 Å². The number of carbonyl (C=O) groups excluding carboxylic acids is 1. The molecule has 15 aliphatic rings. The maximum atomic E-state index is 13.2. The summed E-state index contributed by atoms with van der Waals surface area (Å²) in [5.74, 6) is -2.36. The average molecular weight is 1700 g/mol. The zero-order valence-electron chi connectivity index (χ0n) is 61.8. The molecule has 3 saturated heterocycles. The highest BCUT2D eigenvalue weighted by molar-refractivity contribution is 5.91. The molecular weight excluding hydrogens is 1590 g/mol. The van der Waals surface area contributed by atoms with Gasteiger partial charge >= 0.3 is 35.8 Å². The quantitative estimate of drug-likeness (QED) is 0.0396. The molecule has 6 aliphatic heterocycles. The first-order valence-corrected chi connectivity index (χ1v) is 38.8. The fraction of sp³-hybridized carbons (Fsp3) is 0.684. The van der Waals surface area contributed by atoms with Crippen LogP contribution in [0.5, 0.6) is 17.2 Å². The molecule has 6 saturated carbocycles. The van der Waals surface area contributed by atoms with Gasteiger partial charge in [-0.2, -0.15) is 0 Å². The zero-order chi connectivity index (χ0) is 74.3. The molecule has 592 valence electrons. The lowest BCUT2D eigenvalue weighted by molar-refractivity contribution is -0.950. The number of likely N-dealkylation sites (tertiary alicyclic amines) is 3. The van der Waals surface area contributed by atoms with E-state index in [1.807, 2.05) is 24.3 Å². The number of halogens is 3. The second-order valence-electron chi connectivity index (χ2n) is 35.6. The fourth-order valence-corrected chi connectivity index (χ4v) is 24.0. The van der Waals surface area contributed by atoms with Gasteiger partial charge in [-0.05, 0) is 131 Å². The first kappa shape index (κ1) is 80.2. The summed E-state index contributed by atoms with van der Waals surface area (Å²) in [7, 11) is 6.89. The van der Waals surface area contributed by atoms with Crippen molar-refractivity contribution in [2.75, 3.05) is 76.4 Å². The van der Waals surface area contributed by atoms with E-state index in [0.29, 0.717) is 78.8 Å². The first-order valence-electron chi connectivity index (χ1n) is 38.8.